The first-order valence-electron chi connectivity index (χ1n) is 6.02. The van der Waals surface area contributed by atoms with Crippen LogP contribution >= 0.6 is 0 Å². The van der Waals surface area contributed by atoms with Crippen molar-refractivity contribution < 1.29 is 4.79 Å². The average molecular weight is 231 g/mol. The zero-order valence-electron chi connectivity index (χ0n) is 11.1. The second kappa shape index (κ2) is 6.24. The zero-order valence-corrected chi connectivity index (χ0v) is 11.1. The molecular formula is C15H21NO. The Hall–Kier alpha value is -1.57. The van der Waals surface area contributed by atoms with Crippen LogP contribution in [0.4, 0.5) is 5.69 Å². The van der Waals surface area contributed by atoms with Crippen LogP contribution in [0.5, 0.6) is 0 Å². The number of hydrogen-bond donors (Lipinski definition) is 1. The van der Waals surface area contributed by atoms with E-state index in [0.717, 1.165) is 11.3 Å². The Balaban J connectivity index is 2.57. The van der Waals surface area contributed by atoms with Gasteiger partial charge in [0, 0.05) is 12.1 Å². The van der Waals surface area contributed by atoms with Gasteiger partial charge < -0.3 is 5.32 Å². The summed E-state index contributed by atoms with van der Waals surface area (Å²) in [6, 6.07) is 8.02. The molecule has 1 rings (SSSR count). The maximum atomic E-state index is 11.6. The molecule has 0 saturated heterocycles. The van der Waals surface area contributed by atoms with Gasteiger partial charge in [-0.25, -0.2) is 0 Å². The number of benzene rings is 1. The normalized spacial score (nSPS) is 10.2. The van der Waals surface area contributed by atoms with E-state index in [2.05, 4.69) is 31.3 Å². The van der Waals surface area contributed by atoms with Gasteiger partial charge in [-0.15, -0.1) is 0 Å². The molecule has 0 bridgehead atoms. The van der Waals surface area contributed by atoms with Crippen molar-refractivity contribution in [3.63, 3.8) is 0 Å². The van der Waals surface area contributed by atoms with Crippen molar-refractivity contribution in [2.75, 3.05) is 5.32 Å². The third kappa shape index (κ3) is 4.85. The van der Waals surface area contributed by atoms with Crippen LogP contribution in [0.3, 0.4) is 0 Å². The number of carbonyl (C=O) groups excluding carboxylic acids is 1. The first-order valence-corrected chi connectivity index (χ1v) is 6.02. The zero-order chi connectivity index (χ0) is 12.8. The lowest BCUT2D eigenvalue weighted by Crippen LogP contribution is -2.10. The number of allylic oxidation sites excluding steroid dienone is 1. The van der Waals surface area contributed by atoms with Crippen molar-refractivity contribution >= 4 is 11.6 Å². The van der Waals surface area contributed by atoms with E-state index >= 15 is 0 Å². The molecule has 0 radical (unpaired) electrons. The van der Waals surface area contributed by atoms with Gasteiger partial charge in [-0.3, -0.25) is 4.79 Å². The molecule has 0 aliphatic carbocycles. The second-order valence-electron chi connectivity index (χ2n) is 4.81. The number of carbonyl (C=O) groups is 1. The van der Waals surface area contributed by atoms with Crippen LogP contribution in [0.15, 0.2) is 35.9 Å². The molecule has 0 saturated carbocycles. The first-order chi connectivity index (χ1) is 7.99. The Morgan fingerprint density at radius 1 is 1.24 bits per heavy atom. The predicted octanol–water partition coefficient (Wildman–Crippen LogP) is 4.10. The molecule has 0 aliphatic rings. The van der Waals surface area contributed by atoms with Crippen molar-refractivity contribution in [3.8, 4) is 0 Å². The Labute approximate surface area is 104 Å². The minimum atomic E-state index is 0.0310. The van der Waals surface area contributed by atoms with Gasteiger partial charge in [-0.05, 0) is 37.5 Å². The van der Waals surface area contributed by atoms with E-state index in [-0.39, 0.29) is 5.91 Å². The standard InChI is InChI=1S/C15H21NO/c1-11(2)5-10-15(17)16-14-8-6-13(7-9-14)12(3)4/h5-9,12H,10H2,1-4H3,(H,16,17). The van der Waals surface area contributed by atoms with Crippen molar-refractivity contribution in [1.82, 2.24) is 0 Å². The van der Waals surface area contributed by atoms with Gasteiger partial charge in [-0.2, -0.15) is 0 Å². The van der Waals surface area contributed by atoms with Crippen LogP contribution in [-0.2, 0) is 4.79 Å². The molecule has 1 amide bonds. The summed E-state index contributed by atoms with van der Waals surface area (Å²) in [5.41, 5.74) is 3.31. The molecule has 2 heteroatoms. The molecule has 1 aromatic carbocycles. The van der Waals surface area contributed by atoms with E-state index in [9.17, 15) is 4.79 Å². The monoisotopic (exact) mass is 231 g/mol. The fourth-order valence-corrected chi connectivity index (χ4v) is 1.46. The Kier molecular flexibility index (Phi) is 4.95. The smallest absolute Gasteiger partial charge is 0.228 e. The lowest BCUT2D eigenvalue weighted by Gasteiger charge is -2.07. The SMILES string of the molecule is CC(C)=CCC(=O)Nc1ccc(C(C)C)cc1. The lowest BCUT2D eigenvalue weighted by molar-refractivity contribution is -0.115. The quantitative estimate of drug-likeness (QED) is 0.776. The number of rotatable bonds is 4. The maximum Gasteiger partial charge on any atom is 0.228 e. The van der Waals surface area contributed by atoms with Crippen LogP contribution in [-0.4, -0.2) is 5.91 Å². The van der Waals surface area contributed by atoms with Crippen molar-refractivity contribution in [3.05, 3.63) is 41.5 Å². The lowest BCUT2D eigenvalue weighted by atomic mass is 10.0. The fraction of sp³-hybridized carbons (Fsp3) is 0.400. The molecule has 0 heterocycles. The highest BCUT2D eigenvalue weighted by molar-refractivity contribution is 5.91. The van der Waals surface area contributed by atoms with E-state index in [1.165, 1.54) is 5.56 Å². The van der Waals surface area contributed by atoms with Gasteiger partial charge in [0.15, 0.2) is 0 Å². The van der Waals surface area contributed by atoms with Gasteiger partial charge >= 0.3 is 0 Å². The molecule has 17 heavy (non-hydrogen) atoms. The molecule has 1 aromatic rings. The Bertz CT molecular complexity index is 397. The minimum Gasteiger partial charge on any atom is -0.326 e. The van der Waals surface area contributed by atoms with Crippen LogP contribution in [0, 0.1) is 0 Å². The minimum absolute atomic E-state index is 0.0310. The molecule has 0 atom stereocenters. The third-order valence-corrected chi connectivity index (χ3v) is 2.56. The molecule has 2 nitrogen and oxygen atoms in total. The highest BCUT2D eigenvalue weighted by Crippen LogP contribution is 2.17. The van der Waals surface area contributed by atoms with E-state index < -0.39 is 0 Å². The Morgan fingerprint density at radius 2 is 1.82 bits per heavy atom. The highest BCUT2D eigenvalue weighted by Gasteiger charge is 2.02. The second-order valence-corrected chi connectivity index (χ2v) is 4.81. The summed E-state index contributed by atoms with van der Waals surface area (Å²) in [6.45, 7) is 8.29. The van der Waals surface area contributed by atoms with E-state index in [1.807, 2.05) is 32.1 Å². The molecular weight excluding hydrogens is 210 g/mol. The Morgan fingerprint density at radius 3 is 2.29 bits per heavy atom. The summed E-state index contributed by atoms with van der Waals surface area (Å²) in [5, 5.41) is 2.88. The molecule has 92 valence electrons. The van der Waals surface area contributed by atoms with Gasteiger partial charge in [0.1, 0.15) is 0 Å². The van der Waals surface area contributed by atoms with Crippen molar-refractivity contribution in [2.24, 2.45) is 0 Å². The number of nitrogens with one attached hydrogen (secondary N) is 1. The molecule has 0 spiro atoms. The maximum absolute atomic E-state index is 11.6. The van der Waals surface area contributed by atoms with E-state index in [1.54, 1.807) is 0 Å². The van der Waals surface area contributed by atoms with Crippen LogP contribution in [0.25, 0.3) is 0 Å². The van der Waals surface area contributed by atoms with Gasteiger partial charge in [-0.1, -0.05) is 37.6 Å². The largest absolute Gasteiger partial charge is 0.326 e. The van der Waals surface area contributed by atoms with Crippen LogP contribution in [0.2, 0.25) is 0 Å². The van der Waals surface area contributed by atoms with Gasteiger partial charge in [0.2, 0.25) is 5.91 Å². The summed E-state index contributed by atoms with van der Waals surface area (Å²) >= 11 is 0. The average Bonchev–Trinajstić information content (AvgIpc) is 2.27. The molecule has 1 N–H and O–H groups in total. The summed E-state index contributed by atoms with van der Waals surface area (Å²) in [6.07, 6.45) is 2.37. The molecule has 0 aromatic heterocycles. The van der Waals surface area contributed by atoms with Crippen LogP contribution < -0.4 is 5.32 Å². The van der Waals surface area contributed by atoms with E-state index in [0.29, 0.717) is 12.3 Å². The summed E-state index contributed by atoms with van der Waals surface area (Å²) in [4.78, 5) is 11.6. The molecule has 0 fully saturated rings. The van der Waals surface area contributed by atoms with E-state index in [4.69, 9.17) is 0 Å². The number of amides is 1. The predicted molar refractivity (Wildman–Crippen MR) is 73.2 cm³/mol. The summed E-state index contributed by atoms with van der Waals surface area (Å²) in [5.74, 6) is 0.550. The van der Waals surface area contributed by atoms with Crippen LogP contribution in [0.1, 0.15) is 45.6 Å². The summed E-state index contributed by atoms with van der Waals surface area (Å²) in [7, 11) is 0. The number of anilines is 1. The van der Waals surface area contributed by atoms with Crippen molar-refractivity contribution in [1.29, 1.82) is 0 Å². The fourth-order valence-electron chi connectivity index (χ4n) is 1.46. The molecule has 0 aliphatic heterocycles. The van der Waals surface area contributed by atoms with Gasteiger partial charge in [0.25, 0.3) is 0 Å². The topological polar surface area (TPSA) is 29.1 Å². The summed E-state index contributed by atoms with van der Waals surface area (Å²) < 4.78 is 0. The van der Waals surface area contributed by atoms with Gasteiger partial charge in [0.05, 0.1) is 0 Å². The highest BCUT2D eigenvalue weighted by atomic mass is 16.1. The number of hydrogen-bond acceptors (Lipinski definition) is 1. The van der Waals surface area contributed by atoms with Crippen molar-refractivity contribution in [2.45, 2.75) is 40.0 Å². The first kappa shape index (κ1) is 13.5. The molecule has 0 unspecified atom stereocenters. The third-order valence-electron chi connectivity index (χ3n) is 2.56.